The standard InChI is InChI=1S/C15H23NO3/c1-10(2)8-12(5)19-15(17)13-6-7-14(16-9-13)18-11(3)4/h6-7,9-12H,8H2,1-5H3. The molecule has 0 aromatic carbocycles. The van der Waals surface area contributed by atoms with E-state index in [0.29, 0.717) is 17.4 Å². The van der Waals surface area contributed by atoms with Crippen LogP contribution in [0, 0.1) is 5.92 Å². The zero-order valence-corrected chi connectivity index (χ0v) is 12.3. The lowest BCUT2D eigenvalue weighted by atomic mass is 10.1. The van der Waals surface area contributed by atoms with Crippen LogP contribution in [0.2, 0.25) is 0 Å². The highest BCUT2D eigenvalue weighted by Crippen LogP contribution is 2.13. The van der Waals surface area contributed by atoms with Crippen molar-refractivity contribution in [3.8, 4) is 5.88 Å². The molecule has 0 aliphatic carbocycles. The van der Waals surface area contributed by atoms with Crippen LogP contribution in [-0.2, 0) is 4.74 Å². The summed E-state index contributed by atoms with van der Waals surface area (Å²) in [6.45, 7) is 9.96. The van der Waals surface area contributed by atoms with Crippen LogP contribution in [0.15, 0.2) is 18.3 Å². The second-order valence-corrected chi connectivity index (χ2v) is 5.40. The van der Waals surface area contributed by atoms with E-state index in [-0.39, 0.29) is 18.2 Å². The minimum atomic E-state index is -0.336. The van der Waals surface area contributed by atoms with Crippen LogP contribution in [0.3, 0.4) is 0 Å². The smallest absolute Gasteiger partial charge is 0.339 e. The molecule has 0 bridgehead atoms. The second-order valence-electron chi connectivity index (χ2n) is 5.40. The van der Waals surface area contributed by atoms with Gasteiger partial charge in [-0.25, -0.2) is 9.78 Å². The molecule has 0 amide bonds. The summed E-state index contributed by atoms with van der Waals surface area (Å²) in [7, 11) is 0. The van der Waals surface area contributed by atoms with E-state index in [1.807, 2.05) is 20.8 Å². The van der Waals surface area contributed by atoms with Gasteiger partial charge in [0.25, 0.3) is 0 Å². The van der Waals surface area contributed by atoms with Crippen LogP contribution in [0.5, 0.6) is 5.88 Å². The van der Waals surface area contributed by atoms with Gasteiger partial charge >= 0.3 is 5.97 Å². The number of aromatic nitrogens is 1. The van der Waals surface area contributed by atoms with Gasteiger partial charge in [0.05, 0.1) is 17.8 Å². The van der Waals surface area contributed by atoms with Gasteiger partial charge in [0.2, 0.25) is 5.88 Å². The number of hydrogen-bond acceptors (Lipinski definition) is 4. The molecule has 4 heteroatoms. The summed E-state index contributed by atoms with van der Waals surface area (Å²) in [5, 5.41) is 0. The number of ether oxygens (including phenoxy) is 2. The Balaban J connectivity index is 2.57. The van der Waals surface area contributed by atoms with Crippen LogP contribution in [0.1, 0.15) is 51.4 Å². The van der Waals surface area contributed by atoms with Gasteiger partial charge in [-0.05, 0) is 39.2 Å². The van der Waals surface area contributed by atoms with Crippen LogP contribution in [0.25, 0.3) is 0 Å². The van der Waals surface area contributed by atoms with E-state index in [9.17, 15) is 4.79 Å². The van der Waals surface area contributed by atoms with E-state index in [1.165, 1.54) is 6.20 Å². The van der Waals surface area contributed by atoms with E-state index >= 15 is 0 Å². The quantitative estimate of drug-likeness (QED) is 0.739. The third kappa shape index (κ3) is 5.73. The molecule has 0 fully saturated rings. The molecule has 0 N–H and O–H groups in total. The molecule has 0 saturated heterocycles. The van der Waals surface area contributed by atoms with E-state index < -0.39 is 0 Å². The number of esters is 1. The summed E-state index contributed by atoms with van der Waals surface area (Å²) in [6, 6.07) is 3.36. The Kier molecular flexibility index (Phi) is 5.80. The first-order valence-corrected chi connectivity index (χ1v) is 6.72. The third-order valence-electron chi connectivity index (χ3n) is 2.44. The van der Waals surface area contributed by atoms with Crippen LogP contribution in [-0.4, -0.2) is 23.2 Å². The number of rotatable bonds is 6. The topological polar surface area (TPSA) is 48.4 Å². The predicted molar refractivity (Wildman–Crippen MR) is 74.3 cm³/mol. The lowest BCUT2D eigenvalue weighted by Gasteiger charge is -2.15. The average Bonchev–Trinajstić information content (AvgIpc) is 2.27. The number of pyridine rings is 1. The number of carbonyl (C=O) groups excluding carboxylic acids is 1. The van der Waals surface area contributed by atoms with Gasteiger partial charge in [-0.1, -0.05) is 13.8 Å². The molecule has 0 saturated carbocycles. The van der Waals surface area contributed by atoms with Crippen molar-refractivity contribution in [1.82, 2.24) is 4.98 Å². The van der Waals surface area contributed by atoms with Crippen LogP contribution in [0.4, 0.5) is 0 Å². The highest BCUT2D eigenvalue weighted by atomic mass is 16.5. The van der Waals surface area contributed by atoms with Crippen molar-refractivity contribution in [1.29, 1.82) is 0 Å². The Hall–Kier alpha value is -1.58. The monoisotopic (exact) mass is 265 g/mol. The highest BCUT2D eigenvalue weighted by molar-refractivity contribution is 5.89. The molecule has 106 valence electrons. The lowest BCUT2D eigenvalue weighted by Crippen LogP contribution is -2.17. The van der Waals surface area contributed by atoms with Crippen molar-refractivity contribution in [2.24, 2.45) is 5.92 Å². The molecule has 1 aromatic heterocycles. The predicted octanol–water partition coefficient (Wildman–Crippen LogP) is 3.46. The fraction of sp³-hybridized carbons (Fsp3) is 0.600. The molecule has 1 heterocycles. The minimum absolute atomic E-state index is 0.0661. The summed E-state index contributed by atoms with van der Waals surface area (Å²) in [6.07, 6.45) is 2.33. The number of carbonyl (C=O) groups is 1. The van der Waals surface area contributed by atoms with Gasteiger partial charge in [-0.3, -0.25) is 0 Å². The normalized spacial score (nSPS) is 12.6. The molecule has 0 aliphatic rings. The Morgan fingerprint density at radius 3 is 2.37 bits per heavy atom. The van der Waals surface area contributed by atoms with E-state index in [1.54, 1.807) is 12.1 Å². The van der Waals surface area contributed by atoms with Crippen molar-refractivity contribution >= 4 is 5.97 Å². The molecule has 0 spiro atoms. The van der Waals surface area contributed by atoms with Crippen molar-refractivity contribution in [3.05, 3.63) is 23.9 Å². The first-order valence-electron chi connectivity index (χ1n) is 6.72. The number of hydrogen-bond donors (Lipinski definition) is 0. The summed E-state index contributed by atoms with van der Waals surface area (Å²) < 4.78 is 10.8. The van der Waals surface area contributed by atoms with E-state index in [2.05, 4.69) is 18.8 Å². The lowest BCUT2D eigenvalue weighted by molar-refractivity contribution is 0.0299. The summed E-state index contributed by atoms with van der Waals surface area (Å²) >= 11 is 0. The third-order valence-corrected chi connectivity index (χ3v) is 2.44. The van der Waals surface area contributed by atoms with Crippen molar-refractivity contribution in [2.75, 3.05) is 0 Å². The van der Waals surface area contributed by atoms with Crippen molar-refractivity contribution in [2.45, 2.75) is 53.2 Å². The molecule has 1 rings (SSSR count). The summed E-state index contributed by atoms with van der Waals surface area (Å²) in [4.78, 5) is 16.0. The maximum absolute atomic E-state index is 11.9. The molecule has 1 atom stereocenters. The average molecular weight is 265 g/mol. The fourth-order valence-corrected chi connectivity index (χ4v) is 1.77. The minimum Gasteiger partial charge on any atom is -0.475 e. The Labute approximate surface area is 115 Å². The summed E-state index contributed by atoms with van der Waals surface area (Å²) in [5.74, 6) is 0.682. The van der Waals surface area contributed by atoms with Crippen molar-refractivity contribution < 1.29 is 14.3 Å². The Bertz CT molecular complexity index is 398. The molecular formula is C15H23NO3. The van der Waals surface area contributed by atoms with Gasteiger partial charge in [0.1, 0.15) is 0 Å². The highest BCUT2D eigenvalue weighted by Gasteiger charge is 2.13. The Morgan fingerprint density at radius 1 is 1.21 bits per heavy atom. The van der Waals surface area contributed by atoms with E-state index in [0.717, 1.165) is 6.42 Å². The van der Waals surface area contributed by atoms with Crippen molar-refractivity contribution in [3.63, 3.8) is 0 Å². The zero-order chi connectivity index (χ0) is 14.4. The number of nitrogens with zero attached hydrogens (tertiary/aromatic N) is 1. The maximum atomic E-state index is 11.9. The van der Waals surface area contributed by atoms with Gasteiger partial charge < -0.3 is 9.47 Å². The first-order chi connectivity index (χ1) is 8.88. The summed E-state index contributed by atoms with van der Waals surface area (Å²) in [5.41, 5.74) is 0.451. The van der Waals surface area contributed by atoms with Crippen LogP contribution < -0.4 is 4.74 Å². The molecule has 1 aromatic rings. The zero-order valence-electron chi connectivity index (χ0n) is 12.3. The Morgan fingerprint density at radius 2 is 1.89 bits per heavy atom. The molecule has 0 radical (unpaired) electrons. The van der Waals surface area contributed by atoms with Gasteiger partial charge in [0.15, 0.2) is 0 Å². The maximum Gasteiger partial charge on any atom is 0.339 e. The molecule has 4 nitrogen and oxygen atoms in total. The molecule has 0 aliphatic heterocycles. The first kappa shape index (κ1) is 15.5. The van der Waals surface area contributed by atoms with Gasteiger partial charge in [-0.2, -0.15) is 0 Å². The van der Waals surface area contributed by atoms with Gasteiger partial charge in [0, 0.05) is 12.3 Å². The molecule has 1 unspecified atom stereocenters. The van der Waals surface area contributed by atoms with Gasteiger partial charge in [-0.15, -0.1) is 0 Å². The molecular weight excluding hydrogens is 242 g/mol. The largest absolute Gasteiger partial charge is 0.475 e. The fourth-order valence-electron chi connectivity index (χ4n) is 1.77. The SMILES string of the molecule is CC(C)CC(C)OC(=O)c1ccc(OC(C)C)nc1. The second kappa shape index (κ2) is 7.12. The molecule has 19 heavy (non-hydrogen) atoms. The van der Waals surface area contributed by atoms with Crippen LogP contribution >= 0.6 is 0 Å². The van der Waals surface area contributed by atoms with E-state index in [4.69, 9.17) is 9.47 Å².